The highest BCUT2D eigenvalue weighted by Crippen LogP contribution is 2.20. The number of benzene rings is 2. The third-order valence-electron chi connectivity index (χ3n) is 3.97. The highest BCUT2D eigenvalue weighted by molar-refractivity contribution is 6.31. The van der Waals surface area contributed by atoms with Gasteiger partial charge in [0.1, 0.15) is 5.75 Å². The molecule has 0 aliphatic carbocycles. The molecule has 148 valence electrons. The minimum Gasteiger partial charge on any atom is -0.493 e. The molecule has 0 saturated heterocycles. The number of nitrogens with one attached hydrogen (secondary N) is 1. The Bertz CT molecular complexity index is 864. The number of esters is 1. The molecule has 0 radical (unpaired) electrons. The van der Waals surface area contributed by atoms with E-state index in [4.69, 9.17) is 21.1 Å². The van der Waals surface area contributed by atoms with Crippen molar-refractivity contribution in [2.24, 2.45) is 0 Å². The van der Waals surface area contributed by atoms with E-state index in [1.165, 1.54) is 13.8 Å². The smallest absolute Gasteiger partial charge is 0.310 e. The monoisotopic (exact) mass is 403 g/mol. The number of amides is 1. The SMILES string of the molecule is CC(=O)c1ccc(OCCC(=O)OC(C)C(=O)Nc2cc(Cl)ccc2C)cc1. The highest BCUT2D eigenvalue weighted by Gasteiger charge is 2.18. The summed E-state index contributed by atoms with van der Waals surface area (Å²) in [7, 11) is 0. The largest absolute Gasteiger partial charge is 0.493 e. The van der Waals surface area contributed by atoms with E-state index in [-0.39, 0.29) is 18.8 Å². The van der Waals surface area contributed by atoms with Gasteiger partial charge in [0.2, 0.25) is 0 Å². The van der Waals surface area contributed by atoms with Crippen LogP contribution in [-0.4, -0.2) is 30.4 Å². The van der Waals surface area contributed by atoms with Crippen LogP contribution in [0.5, 0.6) is 5.75 Å². The number of halogens is 1. The van der Waals surface area contributed by atoms with Crippen LogP contribution in [-0.2, 0) is 14.3 Å². The van der Waals surface area contributed by atoms with Crippen molar-refractivity contribution in [1.82, 2.24) is 0 Å². The van der Waals surface area contributed by atoms with Crippen molar-refractivity contribution in [3.8, 4) is 5.75 Å². The van der Waals surface area contributed by atoms with Gasteiger partial charge < -0.3 is 14.8 Å². The van der Waals surface area contributed by atoms with Crippen LogP contribution in [0.3, 0.4) is 0 Å². The van der Waals surface area contributed by atoms with Crippen molar-refractivity contribution in [3.63, 3.8) is 0 Å². The maximum atomic E-state index is 12.2. The number of anilines is 1. The van der Waals surface area contributed by atoms with Crippen molar-refractivity contribution >= 4 is 34.9 Å². The molecule has 2 aromatic carbocycles. The lowest BCUT2D eigenvalue weighted by Gasteiger charge is -2.15. The fourth-order valence-corrected chi connectivity index (χ4v) is 2.48. The predicted molar refractivity (Wildman–Crippen MR) is 107 cm³/mol. The Labute approximate surface area is 168 Å². The number of rotatable bonds is 8. The molecule has 2 aromatic rings. The van der Waals surface area contributed by atoms with Gasteiger partial charge in [0, 0.05) is 16.3 Å². The average molecular weight is 404 g/mol. The Morgan fingerprint density at radius 1 is 1.11 bits per heavy atom. The topological polar surface area (TPSA) is 81.7 Å². The molecule has 0 saturated carbocycles. The third kappa shape index (κ3) is 6.39. The van der Waals surface area contributed by atoms with Crippen LogP contribution in [0.4, 0.5) is 5.69 Å². The van der Waals surface area contributed by atoms with E-state index in [1.54, 1.807) is 42.5 Å². The maximum absolute atomic E-state index is 12.2. The Morgan fingerprint density at radius 3 is 2.43 bits per heavy atom. The first kappa shape index (κ1) is 21.4. The molecule has 7 heteroatoms. The van der Waals surface area contributed by atoms with Gasteiger partial charge in [-0.05, 0) is 62.7 Å². The first-order chi connectivity index (χ1) is 13.3. The van der Waals surface area contributed by atoms with E-state index in [0.717, 1.165) is 5.56 Å². The standard InChI is InChI=1S/C21H22ClNO5/c1-13-4-7-17(22)12-19(13)23-21(26)15(3)28-20(25)10-11-27-18-8-5-16(6-9-18)14(2)24/h4-9,12,15H,10-11H2,1-3H3,(H,23,26). The molecular weight excluding hydrogens is 382 g/mol. The van der Waals surface area contributed by atoms with Gasteiger partial charge in [-0.3, -0.25) is 14.4 Å². The van der Waals surface area contributed by atoms with Crippen molar-refractivity contribution in [1.29, 1.82) is 0 Å². The molecule has 1 amide bonds. The fourth-order valence-electron chi connectivity index (χ4n) is 2.31. The van der Waals surface area contributed by atoms with E-state index < -0.39 is 18.0 Å². The van der Waals surface area contributed by atoms with E-state index in [1.807, 2.05) is 6.92 Å². The average Bonchev–Trinajstić information content (AvgIpc) is 2.65. The molecular formula is C21H22ClNO5. The molecule has 6 nitrogen and oxygen atoms in total. The zero-order valence-electron chi connectivity index (χ0n) is 16.0. The minimum atomic E-state index is -0.958. The molecule has 2 rings (SSSR count). The van der Waals surface area contributed by atoms with Gasteiger partial charge >= 0.3 is 5.97 Å². The summed E-state index contributed by atoms with van der Waals surface area (Å²) in [4.78, 5) is 35.3. The van der Waals surface area contributed by atoms with Gasteiger partial charge in [-0.25, -0.2) is 0 Å². The predicted octanol–water partition coefficient (Wildman–Crippen LogP) is 4.19. The number of aryl methyl sites for hydroxylation is 1. The third-order valence-corrected chi connectivity index (χ3v) is 4.21. The summed E-state index contributed by atoms with van der Waals surface area (Å²) in [6, 6.07) is 11.8. The van der Waals surface area contributed by atoms with Gasteiger partial charge in [0.05, 0.1) is 13.0 Å². The zero-order valence-corrected chi connectivity index (χ0v) is 16.7. The minimum absolute atomic E-state index is 0.0116. The summed E-state index contributed by atoms with van der Waals surface area (Å²) in [5, 5.41) is 3.19. The number of hydrogen-bond donors (Lipinski definition) is 1. The molecule has 0 bridgehead atoms. The molecule has 1 unspecified atom stereocenters. The summed E-state index contributed by atoms with van der Waals surface area (Å²) in [6.07, 6.45) is -0.969. The Morgan fingerprint density at radius 2 is 1.79 bits per heavy atom. The number of hydrogen-bond acceptors (Lipinski definition) is 5. The molecule has 0 aromatic heterocycles. The molecule has 0 fully saturated rings. The van der Waals surface area contributed by atoms with Gasteiger partial charge in [0.15, 0.2) is 11.9 Å². The lowest BCUT2D eigenvalue weighted by atomic mass is 10.1. The van der Waals surface area contributed by atoms with Crippen molar-refractivity contribution in [2.75, 3.05) is 11.9 Å². The molecule has 0 aliphatic rings. The summed E-state index contributed by atoms with van der Waals surface area (Å²) >= 11 is 5.93. The van der Waals surface area contributed by atoms with Crippen LogP contribution in [0, 0.1) is 6.92 Å². The Kier molecular flexibility index (Phi) is 7.58. The Balaban J connectivity index is 1.77. The molecule has 1 atom stereocenters. The lowest BCUT2D eigenvalue weighted by Crippen LogP contribution is -2.30. The van der Waals surface area contributed by atoms with Crippen LogP contribution in [0.15, 0.2) is 42.5 Å². The van der Waals surface area contributed by atoms with E-state index >= 15 is 0 Å². The van der Waals surface area contributed by atoms with E-state index in [9.17, 15) is 14.4 Å². The van der Waals surface area contributed by atoms with Crippen LogP contribution in [0.2, 0.25) is 5.02 Å². The van der Waals surface area contributed by atoms with Crippen molar-refractivity contribution < 1.29 is 23.9 Å². The zero-order chi connectivity index (χ0) is 20.7. The first-order valence-corrected chi connectivity index (χ1v) is 9.14. The Hall–Kier alpha value is -2.86. The number of Topliss-reactive ketones (excluding diaryl/α,β-unsaturated/α-hetero) is 1. The van der Waals surface area contributed by atoms with Gasteiger partial charge in [-0.15, -0.1) is 0 Å². The lowest BCUT2D eigenvalue weighted by molar-refractivity contribution is -0.153. The van der Waals surface area contributed by atoms with Crippen molar-refractivity contribution in [3.05, 3.63) is 58.6 Å². The van der Waals surface area contributed by atoms with Gasteiger partial charge in [-0.2, -0.15) is 0 Å². The van der Waals surface area contributed by atoms with E-state index in [2.05, 4.69) is 5.32 Å². The highest BCUT2D eigenvalue weighted by atomic mass is 35.5. The van der Waals surface area contributed by atoms with Crippen LogP contribution in [0.25, 0.3) is 0 Å². The maximum Gasteiger partial charge on any atom is 0.310 e. The second kappa shape index (κ2) is 9.90. The number of ketones is 1. The summed E-state index contributed by atoms with van der Waals surface area (Å²) in [5.41, 5.74) is 2.00. The molecule has 0 spiro atoms. The van der Waals surface area contributed by atoms with Gasteiger partial charge in [-0.1, -0.05) is 17.7 Å². The van der Waals surface area contributed by atoms with Gasteiger partial charge in [0.25, 0.3) is 5.91 Å². The first-order valence-electron chi connectivity index (χ1n) is 8.76. The van der Waals surface area contributed by atoms with E-state index in [0.29, 0.717) is 22.0 Å². The van der Waals surface area contributed by atoms with Crippen LogP contribution >= 0.6 is 11.6 Å². The summed E-state index contributed by atoms with van der Waals surface area (Å²) in [6.45, 7) is 4.91. The molecule has 28 heavy (non-hydrogen) atoms. The number of ether oxygens (including phenoxy) is 2. The quantitative estimate of drug-likeness (QED) is 0.528. The fraction of sp³-hybridized carbons (Fsp3) is 0.286. The van der Waals surface area contributed by atoms with Crippen LogP contribution < -0.4 is 10.1 Å². The second-order valence-electron chi connectivity index (χ2n) is 6.26. The molecule has 0 heterocycles. The molecule has 1 N–H and O–H groups in total. The molecule has 0 aliphatic heterocycles. The number of carbonyl (C=O) groups is 3. The summed E-state index contributed by atoms with van der Waals surface area (Å²) in [5.74, 6) is -0.485. The second-order valence-corrected chi connectivity index (χ2v) is 6.70. The summed E-state index contributed by atoms with van der Waals surface area (Å²) < 4.78 is 10.6. The normalized spacial score (nSPS) is 11.4. The van der Waals surface area contributed by atoms with Crippen molar-refractivity contribution in [2.45, 2.75) is 33.3 Å². The van der Waals surface area contributed by atoms with Crippen LogP contribution in [0.1, 0.15) is 36.2 Å². The number of carbonyl (C=O) groups excluding carboxylic acids is 3.